The first kappa shape index (κ1) is 26.9. The van der Waals surface area contributed by atoms with Gasteiger partial charge in [-0.15, -0.1) is 0 Å². The second-order valence-corrected chi connectivity index (χ2v) is 11.5. The van der Waals surface area contributed by atoms with Gasteiger partial charge in [-0.25, -0.2) is 0 Å². The molecular formula is C25H38O7Si. The Labute approximate surface area is 198 Å². The molecule has 0 bridgehead atoms. The standard InChI is InChI=1S/C25H38O7Si/c1-6-18(2)22-8-10-23(11-9-22)24-12-14-25(15-13-24)29-16-7-17-33(30-19(3)26,31-20(4)27)32-21(5)28/h12-15,18,22-23H,6-11,16-17H2,1-5H3. The summed E-state index contributed by atoms with van der Waals surface area (Å²) in [7, 11) is -3.80. The van der Waals surface area contributed by atoms with E-state index in [2.05, 4.69) is 26.0 Å². The summed E-state index contributed by atoms with van der Waals surface area (Å²) in [5, 5.41) is 0. The van der Waals surface area contributed by atoms with Crippen molar-refractivity contribution in [2.45, 2.75) is 85.1 Å². The lowest BCUT2D eigenvalue weighted by Gasteiger charge is -2.32. The summed E-state index contributed by atoms with van der Waals surface area (Å²) in [6.45, 7) is 8.50. The van der Waals surface area contributed by atoms with Crippen LogP contribution in [0.4, 0.5) is 0 Å². The maximum Gasteiger partial charge on any atom is 0.705 e. The van der Waals surface area contributed by atoms with Crippen molar-refractivity contribution in [1.29, 1.82) is 0 Å². The van der Waals surface area contributed by atoms with E-state index in [1.54, 1.807) is 0 Å². The summed E-state index contributed by atoms with van der Waals surface area (Å²) in [5.41, 5.74) is 1.36. The molecule has 1 atom stereocenters. The third-order valence-corrected chi connectivity index (χ3v) is 9.13. The quantitative estimate of drug-likeness (QED) is 0.311. The Morgan fingerprint density at radius 2 is 1.42 bits per heavy atom. The molecule has 184 valence electrons. The number of carbonyl (C=O) groups is 3. The van der Waals surface area contributed by atoms with E-state index in [0.717, 1.165) is 17.6 Å². The number of hydrogen-bond donors (Lipinski definition) is 0. The van der Waals surface area contributed by atoms with Gasteiger partial charge in [-0.05, 0) is 67.6 Å². The van der Waals surface area contributed by atoms with Gasteiger partial charge in [0.2, 0.25) is 0 Å². The van der Waals surface area contributed by atoms with Gasteiger partial charge in [0, 0.05) is 20.8 Å². The summed E-state index contributed by atoms with van der Waals surface area (Å²) >= 11 is 0. The van der Waals surface area contributed by atoms with Crippen LogP contribution in [0.25, 0.3) is 0 Å². The Hall–Kier alpha value is -2.35. The summed E-state index contributed by atoms with van der Waals surface area (Å²) in [5.74, 6) is 1.02. The molecule has 1 fully saturated rings. The average molecular weight is 479 g/mol. The van der Waals surface area contributed by atoms with Gasteiger partial charge in [0.1, 0.15) is 5.75 Å². The van der Waals surface area contributed by atoms with Crippen LogP contribution in [-0.4, -0.2) is 33.3 Å². The van der Waals surface area contributed by atoms with E-state index in [0.29, 0.717) is 18.9 Å². The summed E-state index contributed by atoms with van der Waals surface area (Å²) < 4.78 is 21.4. The summed E-state index contributed by atoms with van der Waals surface area (Å²) in [6.07, 6.45) is 6.73. The van der Waals surface area contributed by atoms with E-state index in [9.17, 15) is 14.4 Å². The minimum absolute atomic E-state index is 0.100. The maximum atomic E-state index is 11.5. The molecule has 0 spiro atoms. The lowest BCUT2D eigenvalue weighted by atomic mass is 9.74. The lowest BCUT2D eigenvalue weighted by molar-refractivity contribution is -0.147. The van der Waals surface area contributed by atoms with Crippen LogP contribution in [0.5, 0.6) is 5.75 Å². The van der Waals surface area contributed by atoms with Crippen LogP contribution in [0.2, 0.25) is 6.04 Å². The van der Waals surface area contributed by atoms with E-state index in [-0.39, 0.29) is 6.04 Å². The minimum Gasteiger partial charge on any atom is -0.494 e. The topological polar surface area (TPSA) is 88.1 Å². The van der Waals surface area contributed by atoms with Gasteiger partial charge in [-0.2, -0.15) is 0 Å². The molecule has 0 saturated heterocycles. The third-order valence-electron chi connectivity index (χ3n) is 6.37. The Morgan fingerprint density at radius 3 is 1.88 bits per heavy atom. The van der Waals surface area contributed by atoms with Gasteiger partial charge in [0.05, 0.1) is 12.7 Å². The van der Waals surface area contributed by atoms with Gasteiger partial charge >= 0.3 is 8.80 Å². The summed E-state index contributed by atoms with van der Waals surface area (Å²) in [6, 6.07) is 8.33. The molecule has 0 N–H and O–H groups in total. The van der Waals surface area contributed by atoms with Crippen LogP contribution in [0.15, 0.2) is 24.3 Å². The van der Waals surface area contributed by atoms with Crippen LogP contribution in [0, 0.1) is 11.8 Å². The fraction of sp³-hybridized carbons (Fsp3) is 0.640. The number of rotatable bonds is 11. The van der Waals surface area contributed by atoms with E-state index in [4.69, 9.17) is 18.0 Å². The molecule has 2 rings (SSSR count). The zero-order valence-corrected chi connectivity index (χ0v) is 21.6. The molecule has 1 saturated carbocycles. The van der Waals surface area contributed by atoms with Crippen LogP contribution in [0.3, 0.4) is 0 Å². The molecule has 0 radical (unpaired) electrons. The van der Waals surface area contributed by atoms with Crippen molar-refractivity contribution in [2.24, 2.45) is 11.8 Å². The van der Waals surface area contributed by atoms with Crippen molar-refractivity contribution in [1.82, 2.24) is 0 Å². The van der Waals surface area contributed by atoms with Gasteiger partial charge in [-0.3, -0.25) is 14.4 Å². The van der Waals surface area contributed by atoms with E-state index in [1.165, 1.54) is 58.4 Å². The Bertz CT molecular complexity index is 744. The van der Waals surface area contributed by atoms with E-state index >= 15 is 0 Å². The second-order valence-electron chi connectivity index (χ2n) is 8.98. The van der Waals surface area contributed by atoms with Crippen molar-refractivity contribution in [3.8, 4) is 5.75 Å². The highest BCUT2D eigenvalue weighted by Crippen LogP contribution is 2.39. The Morgan fingerprint density at radius 1 is 0.909 bits per heavy atom. The molecule has 33 heavy (non-hydrogen) atoms. The van der Waals surface area contributed by atoms with Gasteiger partial charge in [-0.1, -0.05) is 32.4 Å². The first-order valence-corrected chi connectivity index (χ1v) is 13.9. The van der Waals surface area contributed by atoms with Crippen molar-refractivity contribution >= 4 is 26.7 Å². The van der Waals surface area contributed by atoms with Gasteiger partial charge in [0.25, 0.3) is 17.9 Å². The fourth-order valence-electron chi connectivity index (χ4n) is 4.54. The lowest BCUT2D eigenvalue weighted by Crippen LogP contribution is -2.49. The molecule has 1 aliphatic rings. The molecule has 1 aliphatic carbocycles. The fourth-order valence-corrected chi connectivity index (χ4v) is 6.86. The molecule has 0 aromatic heterocycles. The Kier molecular flexibility index (Phi) is 10.4. The molecule has 0 heterocycles. The zero-order valence-electron chi connectivity index (χ0n) is 20.6. The summed E-state index contributed by atoms with van der Waals surface area (Å²) in [4.78, 5) is 34.5. The van der Waals surface area contributed by atoms with E-state index < -0.39 is 26.7 Å². The second kappa shape index (κ2) is 12.8. The number of carbonyl (C=O) groups excluding carboxylic acids is 3. The molecule has 1 unspecified atom stereocenters. The molecule has 0 amide bonds. The predicted molar refractivity (Wildman–Crippen MR) is 127 cm³/mol. The van der Waals surface area contributed by atoms with Crippen molar-refractivity contribution in [2.75, 3.05) is 6.61 Å². The van der Waals surface area contributed by atoms with Gasteiger partial charge in [0.15, 0.2) is 0 Å². The number of ether oxygens (including phenoxy) is 1. The normalized spacial score (nSPS) is 19.3. The van der Waals surface area contributed by atoms with Crippen molar-refractivity contribution < 1.29 is 32.4 Å². The average Bonchev–Trinajstić information content (AvgIpc) is 2.75. The molecule has 0 aliphatic heterocycles. The first-order valence-electron chi connectivity index (χ1n) is 12.0. The highest BCUT2D eigenvalue weighted by Gasteiger charge is 2.51. The predicted octanol–water partition coefficient (Wildman–Crippen LogP) is 5.40. The van der Waals surface area contributed by atoms with Crippen LogP contribution >= 0.6 is 0 Å². The van der Waals surface area contributed by atoms with Crippen LogP contribution in [-0.2, 0) is 27.7 Å². The van der Waals surface area contributed by atoms with Crippen LogP contribution < -0.4 is 4.74 Å². The highest BCUT2D eigenvalue weighted by molar-refractivity contribution is 6.65. The largest absolute Gasteiger partial charge is 0.705 e. The highest BCUT2D eigenvalue weighted by atomic mass is 28.4. The van der Waals surface area contributed by atoms with Crippen molar-refractivity contribution in [3.05, 3.63) is 29.8 Å². The van der Waals surface area contributed by atoms with E-state index in [1.807, 2.05) is 12.1 Å². The number of benzene rings is 1. The molecular weight excluding hydrogens is 440 g/mol. The van der Waals surface area contributed by atoms with Crippen molar-refractivity contribution in [3.63, 3.8) is 0 Å². The number of hydrogen-bond acceptors (Lipinski definition) is 7. The zero-order chi connectivity index (χ0) is 24.4. The third kappa shape index (κ3) is 8.83. The minimum atomic E-state index is -3.80. The Balaban J connectivity index is 1.87. The smallest absolute Gasteiger partial charge is 0.494 e. The molecule has 1 aromatic carbocycles. The van der Waals surface area contributed by atoms with Crippen LogP contribution in [0.1, 0.15) is 84.6 Å². The molecule has 7 nitrogen and oxygen atoms in total. The first-order chi connectivity index (χ1) is 15.6. The SMILES string of the molecule is CCC(C)C1CCC(c2ccc(OCCC[Si](OC(C)=O)(OC(C)=O)OC(C)=O)cc2)CC1. The monoisotopic (exact) mass is 478 g/mol. The maximum absolute atomic E-state index is 11.5. The van der Waals surface area contributed by atoms with Gasteiger partial charge < -0.3 is 18.0 Å². The molecule has 8 heteroatoms. The molecule has 1 aromatic rings.